The van der Waals surface area contributed by atoms with Crippen LogP contribution in [0.5, 0.6) is 0 Å². The van der Waals surface area contributed by atoms with E-state index in [4.69, 9.17) is 5.73 Å². The molecular formula is C11H15N3O4. The highest BCUT2D eigenvalue weighted by Gasteiger charge is 2.06. The van der Waals surface area contributed by atoms with E-state index in [0.29, 0.717) is 5.69 Å². The van der Waals surface area contributed by atoms with Crippen LogP contribution in [-0.2, 0) is 20.9 Å². The van der Waals surface area contributed by atoms with Crippen LogP contribution in [0.1, 0.15) is 6.42 Å². The summed E-state index contributed by atoms with van der Waals surface area (Å²) in [5.41, 5.74) is 5.60. The predicted molar refractivity (Wildman–Crippen MR) is 64.8 cm³/mol. The first kappa shape index (κ1) is 13.8. The van der Waals surface area contributed by atoms with Crippen molar-refractivity contribution < 1.29 is 14.3 Å². The van der Waals surface area contributed by atoms with E-state index in [1.54, 1.807) is 0 Å². The van der Waals surface area contributed by atoms with E-state index in [1.807, 2.05) is 0 Å². The molecule has 0 saturated carbocycles. The van der Waals surface area contributed by atoms with Gasteiger partial charge in [-0.15, -0.1) is 0 Å². The smallest absolute Gasteiger partial charge is 0.307 e. The average molecular weight is 253 g/mol. The Hall–Kier alpha value is -2.31. The van der Waals surface area contributed by atoms with Gasteiger partial charge in [-0.1, -0.05) is 0 Å². The van der Waals surface area contributed by atoms with Crippen LogP contribution in [0.25, 0.3) is 0 Å². The molecule has 0 atom stereocenters. The maximum Gasteiger partial charge on any atom is 0.307 e. The monoisotopic (exact) mass is 253 g/mol. The molecule has 0 radical (unpaired) electrons. The van der Waals surface area contributed by atoms with Crippen molar-refractivity contribution in [3.63, 3.8) is 0 Å². The second-order valence-electron chi connectivity index (χ2n) is 3.60. The number of methoxy groups -OCH3 is 1. The SMILES string of the molecule is COC(=O)CCNC(=O)Cn1cc(N)ccc1=O. The van der Waals surface area contributed by atoms with Crippen molar-refractivity contribution in [3.05, 3.63) is 28.7 Å². The molecule has 1 rings (SSSR count). The zero-order valence-corrected chi connectivity index (χ0v) is 10.0. The third-order valence-electron chi connectivity index (χ3n) is 2.20. The van der Waals surface area contributed by atoms with Crippen LogP contribution in [0.3, 0.4) is 0 Å². The number of ether oxygens (including phenoxy) is 1. The van der Waals surface area contributed by atoms with Crippen LogP contribution in [0.2, 0.25) is 0 Å². The number of nitrogens with two attached hydrogens (primary N) is 1. The molecule has 0 unspecified atom stereocenters. The van der Waals surface area contributed by atoms with Gasteiger partial charge in [-0.25, -0.2) is 0 Å². The molecule has 7 nitrogen and oxygen atoms in total. The summed E-state index contributed by atoms with van der Waals surface area (Å²) in [5.74, 6) is -0.775. The number of rotatable bonds is 5. The average Bonchev–Trinajstić information content (AvgIpc) is 2.33. The van der Waals surface area contributed by atoms with Gasteiger partial charge in [0, 0.05) is 24.5 Å². The second-order valence-corrected chi connectivity index (χ2v) is 3.60. The summed E-state index contributed by atoms with van der Waals surface area (Å²) < 4.78 is 5.62. The number of aromatic nitrogens is 1. The van der Waals surface area contributed by atoms with Crippen molar-refractivity contribution in [2.24, 2.45) is 0 Å². The minimum absolute atomic E-state index is 0.0913. The number of hydrogen-bond acceptors (Lipinski definition) is 5. The van der Waals surface area contributed by atoms with Crippen LogP contribution >= 0.6 is 0 Å². The van der Waals surface area contributed by atoms with Crippen LogP contribution in [0, 0.1) is 0 Å². The van der Waals surface area contributed by atoms with E-state index in [-0.39, 0.29) is 31.0 Å². The van der Waals surface area contributed by atoms with Gasteiger partial charge in [0.25, 0.3) is 5.56 Å². The third kappa shape index (κ3) is 4.28. The molecule has 0 aliphatic carbocycles. The van der Waals surface area contributed by atoms with Crippen molar-refractivity contribution in [2.75, 3.05) is 19.4 Å². The molecule has 0 bridgehead atoms. The van der Waals surface area contributed by atoms with Crippen molar-refractivity contribution in [1.29, 1.82) is 0 Å². The number of nitrogen functional groups attached to an aromatic ring is 1. The second kappa shape index (κ2) is 6.43. The number of pyridine rings is 1. The molecule has 3 N–H and O–H groups in total. The van der Waals surface area contributed by atoms with Gasteiger partial charge in [0.05, 0.1) is 13.5 Å². The number of carbonyl (C=O) groups excluding carboxylic acids is 2. The minimum atomic E-state index is -0.406. The normalized spacial score (nSPS) is 9.83. The Morgan fingerprint density at radius 1 is 1.44 bits per heavy atom. The zero-order valence-electron chi connectivity index (χ0n) is 10.0. The lowest BCUT2D eigenvalue weighted by Gasteiger charge is -2.07. The molecule has 7 heteroatoms. The number of anilines is 1. The first-order valence-corrected chi connectivity index (χ1v) is 5.32. The number of esters is 1. The van der Waals surface area contributed by atoms with Gasteiger partial charge in [0.1, 0.15) is 6.54 Å². The first-order valence-electron chi connectivity index (χ1n) is 5.32. The number of hydrogen-bond donors (Lipinski definition) is 2. The summed E-state index contributed by atoms with van der Waals surface area (Å²) in [6.07, 6.45) is 1.48. The molecule has 0 aromatic carbocycles. The standard InChI is InChI=1S/C11H15N3O4/c1-18-11(17)4-5-13-9(15)7-14-6-8(12)2-3-10(14)16/h2-3,6H,4-5,7,12H2,1H3,(H,13,15). The van der Waals surface area contributed by atoms with Crippen molar-refractivity contribution in [3.8, 4) is 0 Å². The van der Waals surface area contributed by atoms with Gasteiger partial charge >= 0.3 is 5.97 Å². The minimum Gasteiger partial charge on any atom is -0.469 e. The maximum atomic E-state index is 11.5. The Kier molecular flexibility index (Phi) is 4.91. The molecule has 0 aliphatic heterocycles. The molecule has 1 amide bonds. The van der Waals surface area contributed by atoms with E-state index in [9.17, 15) is 14.4 Å². The van der Waals surface area contributed by atoms with Crippen LogP contribution in [-0.4, -0.2) is 30.1 Å². The van der Waals surface area contributed by atoms with Crippen LogP contribution < -0.4 is 16.6 Å². The Morgan fingerprint density at radius 3 is 2.83 bits per heavy atom. The molecule has 98 valence electrons. The quantitative estimate of drug-likeness (QED) is 0.662. The van der Waals surface area contributed by atoms with Gasteiger partial charge in [0.2, 0.25) is 5.91 Å². The highest BCUT2D eigenvalue weighted by Crippen LogP contribution is 1.95. The Labute approximate surface area is 104 Å². The molecule has 0 spiro atoms. The van der Waals surface area contributed by atoms with E-state index in [1.165, 1.54) is 30.0 Å². The van der Waals surface area contributed by atoms with Gasteiger partial charge in [0.15, 0.2) is 0 Å². The molecule has 0 aliphatic rings. The Bertz CT molecular complexity index is 495. The lowest BCUT2D eigenvalue weighted by molar-refractivity contribution is -0.140. The van der Waals surface area contributed by atoms with E-state index < -0.39 is 5.97 Å². The van der Waals surface area contributed by atoms with Gasteiger partial charge < -0.3 is 20.4 Å². The zero-order chi connectivity index (χ0) is 13.5. The molecule has 18 heavy (non-hydrogen) atoms. The van der Waals surface area contributed by atoms with Crippen molar-refractivity contribution >= 4 is 17.6 Å². The lowest BCUT2D eigenvalue weighted by Crippen LogP contribution is -2.33. The molecule has 0 fully saturated rings. The van der Waals surface area contributed by atoms with Crippen LogP contribution in [0.15, 0.2) is 23.1 Å². The fraction of sp³-hybridized carbons (Fsp3) is 0.364. The van der Waals surface area contributed by atoms with Crippen molar-refractivity contribution in [1.82, 2.24) is 9.88 Å². The molecule has 1 heterocycles. The summed E-state index contributed by atoms with van der Waals surface area (Å²) in [5, 5.41) is 2.50. The van der Waals surface area contributed by atoms with Crippen LogP contribution in [0.4, 0.5) is 5.69 Å². The Balaban J connectivity index is 2.47. The number of amides is 1. The van der Waals surface area contributed by atoms with E-state index in [0.717, 1.165) is 0 Å². The maximum absolute atomic E-state index is 11.5. The number of nitrogens with one attached hydrogen (secondary N) is 1. The summed E-state index contributed by atoms with van der Waals surface area (Å²) >= 11 is 0. The summed E-state index contributed by atoms with van der Waals surface area (Å²) in [4.78, 5) is 33.7. The summed E-state index contributed by atoms with van der Waals surface area (Å²) in [6, 6.07) is 2.76. The Morgan fingerprint density at radius 2 is 2.17 bits per heavy atom. The van der Waals surface area contributed by atoms with E-state index >= 15 is 0 Å². The highest BCUT2D eigenvalue weighted by atomic mass is 16.5. The molecule has 1 aromatic rings. The molecular weight excluding hydrogens is 238 g/mol. The first-order chi connectivity index (χ1) is 8.52. The predicted octanol–water partition coefficient (Wildman–Crippen LogP) is -0.890. The van der Waals surface area contributed by atoms with Gasteiger partial charge in [-0.05, 0) is 6.07 Å². The summed E-state index contributed by atoms with van der Waals surface area (Å²) in [7, 11) is 1.27. The largest absolute Gasteiger partial charge is 0.469 e. The summed E-state index contributed by atoms with van der Waals surface area (Å²) in [6.45, 7) is 0.0353. The third-order valence-corrected chi connectivity index (χ3v) is 2.20. The molecule has 1 aromatic heterocycles. The van der Waals surface area contributed by atoms with E-state index in [2.05, 4.69) is 10.1 Å². The topological polar surface area (TPSA) is 103 Å². The van der Waals surface area contributed by atoms with Crippen molar-refractivity contribution in [2.45, 2.75) is 13.0 Å². The highest BCUT2D eigenvalue weighted by molar-refractivity contribution is 5.76. The van der Waals surface area contributed by atoms with Gasteiger partial charge in [-0.2, -0.15) is 0 Å². The fourth-order valence-electron chi connectivity index (χ4n) is 1.29. The van der Waals surface area contributed by atoms with Gasteiger partial charge in [-0.3, -0.25) is 14.4 Å². The number of carbonyl (C=O) groups is 2. The lowest BCUT2D eigenvalue weighted by atomic mass is 10.4. The molecule has 0 saturated heterocycles. The number of nitrogens with zero attached hydrogens (tertiary/aromatic N) is 1. The fourth-order valence-corrected chi connectivity index (χ4v) is 1.29.